The van der Waals surface area contributed by atoms with E-state index in [2.05, 4.69) is 0 Å². The van der Waals surface area contributed by atoms with Gasteiger partial charge in [-0.1, -0.05) is 30.3 Å². The zero-order valence-corrected chi connectivity index (χ0v) is 10.4. The van der Waals surface area contributed by atoms with Crippen LogP contribution in [0, 0.1) is 5.92 Å². The summed E-state index contributed by atoms with van der Waals surface area (Å²) in [6, 6.07) is 9.57. The van der Waals surface area contributed by atoms with Gasteiger partial charge in [-0.15, -0.1) is 0 Å². The van der Waals surface area contributed by atoms with Crippen molar-refractivity contribution in [3.8, 4) is 0 Å². The summed E-state index contributed by atoms with van der Waals surface area (Å²) in [7, 11) is 0. The maximum Gasteiger partial charge on any atom is 0.166 e. The largest absolute Gasteiger partial charge is 0.378 e. The van der Waals surface area contributed by atoms with Crippen LogP contribution >= 0.6 is 0 Å². The van der Waals surface area contributed by atoms with E-state index in [1.807, 2.05) is 30.3 Å². The molecular formula is C15H18O3. The van der Waals surface area contributed by atoms with Crippen LogP contribution in [0.25, 0.3) is 0 Å². The van der Waals surface area contributed by atoms with Gasteiger partial charge >= 0.3 is 0 Å². The Morgan fingerprint density at radius 3 is 2.78 bits per heavy atom. The lowest BCUT2D eigenvalue weighted by Gasteiger charge is -2.36. The van der Waals surface area contributed by atoms with E-state index in [1.165, 1.54) is 0 Å². The van der Waals surface area contributed by atoms with Crippen molar-refractivity contribution in [2.45, 2.75) is 24.9 Å². The molecule has 0 amide bonds. The molecule has 2 fully saturated rings. The number of carbonyl (C=O) groups is 1. The minimum absolute atomic E-state index is 0.0860. The summed E-state index contributed by atoms with van der Waals surface area (Å²) in [6.07, 6.45) is 2.56. The van der Waals surface area contributed by atoms with Crippen LogP contribution in [0.2, 0.25) is 0 Å². The molecule has 96 valence electrons. The number of ether oxygens (including phenoxy) is 2. The summed E-state index contributed by atoms with van der Waals surface area (Å²) in [6.45, 7) is 2.07. The van der Waals surface area contributed by atoms with Crippen LogP contribution in [0.5, 0.6) is 0 Å². The molecule has 1 aromatic carbocycles. The minimum Gasteiger partial charge on any atom is -0.378 e. The summed E-state index contributed by atoms with van der Waals surface area (Å²) in [5, 5.41) is 0. The summed E-state index contributed by atoms with van der Waals surface area (Å²) in [5.74, 6) is 0.341. The first-order valence-corrected chi connectivity index (χ1v) is 6.60. The van der Waals surface area contributed by atoms with E-state index in [1.54, 1.807) is 0 Å². The quantitative estimate of drug-likeness (QED) is 0.752. The zero-order valence-electron chi connectivity index (χ0n) is 10.4. The summed E-state index contributed by atoms with van der Waals surface area (Å²) >= 11 is 0. The van der Waals surface area contributed by atoms with Gasteiger partial charge in [-0.2, -0.15) is 0 Å². The van der Waals surface area contributed by atoms with Crippen LogP contribution in [0.1, 0.15) is 29.6 Å². The fourth-order valence-electron chi connectivity index (χ4n) is 2.95. The number of hydrogen-bond donors (Lipinski definition) is 0. The van der Waals surface area contributed by atoms with Gasteiger partial charge in [0, 0.05) is 31.1 Å². The highest BCUT2D eigenvalue weighted by Crippen LogP contribution is 2.36. The van der Waals surface area contributed by atoms with Crippen LogP contribution in [0.4, 0.5) is 0 Å². The van der Waals surface area contributed by atoms with Crippen LogP contribution in [-0.2, 0) is 9.47 Å². The van der Waals surface area contributed by atoms with Gasteiger partial charge in [0.1, 0.15) is 0 Å². The normalized spacial score (nSPS) is 31.7. The molecular weight excluding hydrogens is 228 g/mol. The Hall–Kier alpha value is -1.19. The fourth-order valence-corrected chi connectivity index (χ4v) is 2.95. The smallest absolute Gasteiger partial charge is 0.166 e. The summed E-state index contributed by atoms with van der Waals surface area (Å²) in [4.78, 5) is 12.4. The SMILES string of the molecule is O=C(c1ccccc1)C1CCOC2(CCOC2)C1. The third-order valence-electron chi connectivity index (χ3n) is 3.99. The molecule has 1 spiro atoms. The lowest BCUT2D eigenvalue weighted by Crippen LogP contribution is -2.42. The van der Waals surface area contributed by atoms with Crippen molar-refractivity contribution in [1.82, 2.24) is 0 Å². The molecule has 0 aliphatic carbocycles. The predicted octanol–water partition coefficient (Wildman–Crippen LogP) is 2.46. The Morgan fingerprint density at radius 2 is 2.06 bits per heavy atom. The van der Waals surface area contributed by atoms with E-state index in [-0.39, 0.29) is 17.3 Å². The van der Waals surface area contributed by atoms with Crippen molar-refractivity contribution in [2.75, 3.05) is 19.8 Å². The lowest BCUT2D eigenvalue weighted by atomic mass is 9.81. The maximum absolute atomic E-state index is 12.4. The van der Waals surface area contributed by atoms with Crippen molar-refractivity contribution in [1.29, 1.82) is 0 Å². The topological polar surface area (TPSA) is 35.5 Å². The molecule has 0 bridgehead atoms. The van der Waals surface area contributed by atoms with E-state index in [9.17, 15) is 4.79 Å². The van der Waals surface area contributed by atoms with Crippen LogP contribution < -0.4 is 0 Å². The standard InChI is InChI=1S/C15H18O3/c16-14(12-4-2-1-3-5-12)13-6-8-18-15(10-13)7-9-17-11-15/h1-5,13H,6-11H2. The Kier molecular flexibility index (Phi) is 3.18. The van der Waals surface area contributed by atoms with E-state index < -0.39 is 0 Å². The fraction of sp³-hybridized carbons (Fsp3) is 0.533. The Labute approximate surface area is 107 Å². The average molecular weight is 246 g/mol. The highest BCUT2D eigenvalue weighted by atomic mass is 16.6. The van der Waals surface area contributed by atoms with Gasteiger partial charge in [0.05, 0.1) is 12.2 Å². The molecule has 3 nitrogen and oxygen atoms in total. The Bertz CT molecular complexity index is 421. The molecule has 18 heavy (non-hydrogen) atoms. The predicted molar refractivity (Wildman–Crippen MR) is 67.6 cm³/mol. The molecule has 2 unspecified atom stereocenters. The molecule has 2 aliphatic heterocycles. The average Bonchev–Trinajstić information content (AvgIpc) is 2.87. The van der Waals surface area contributed by atoms with Crippen molar-refractivity contribution in [3.63, 3.8) is 0 Å². The van der Waals surface area contributed by atoms with Gasteiger partial charge in [-0.3, -0.25) is 4.79 Å². The molecule has 1 aromatic rings. The maximum atomic E-state index is 12.4. The highest BCUT2D eigenvalue weighted by Gasteiger charge is 2.42. The molecule has 2 heterocycles. The molecule has 0 saturated carbocycles. The second-order valence-corrected chi connectivity index (χ2v) is 5.25. The third kappa shape index (κ3) is 2.20. The van der Waals surface area contributed by atoms with Crippen molar-refractivity contribution in [2.24, 2.45) is 5.92 Å². The van der Waals surface area contributed by atoms with Gasteiger partial charge in [0.15, 0.2) is 5.78 Å². The number of carbonyl (C=O) groups excluding carboxylic acids is 1. The van der Waals surface area contributed by atoms with Gasteiger partial charge in [0.2, 0.25) is 0 Å². The number of hydrogen-bond acceptors (Lipinski definition) is 3. The molecule has 0 N–H and O–H groups in total. The number of ketones is 1. The van der Waals surface area contributed by atoms with E-state index in [0.29, 0.717) is 13.2 Å². The van der Waals surface area contributed by atoms with E-state index in [4.69, 9.17) is 9.47 Å². The highest BCUT2D eigenvalue weighted by molar-refractivity contribution is 5.97. The third-order valence-corrected chi connectivity index (χ3v) is 3.99. The molecule has 0 radical (unpaired) electrons. The second-order valence-electron chi connectivity index (χ2n) is 5.25. The molecule has 2 aliphatic rings. The molecule has 3 heteroatoms. The van der Waals surface area contributed by atoms with E-state index in [0.717, 1.165) is 31.4 Å². The van der Waals surface area contributed by atoms with Crippen molar-refractivity contribution < 1.29 is 14.3 Å². The lowest BCUT2D eigenvalue weighted by molar-refractivity contribution is -0.0920. The van der Waals surface area contributed by atoms with Gasteiger partial charge in [-0.05, 0) is 12.8 Å². The van der Waals surface area contributed by atoms with Crippen molar-refractivity contribution in [3.05, 3.63) is 35.9 Å². The summed E-state index contributed by atoms with van der Waals surface area (Å²) in [5.41, 5.74) is 0.631. The van der Waals surface area contributed by atoms with Crippen LogP contribution in [0.15, 0.2) is 30.3 Å². The minimum atomic E-state index is -0.187. The number of benzene rings is 1. The van der Waals surface area contributed by atoms with Crippen LogP contribution in [0.3, 0.4) is 0 Å². The zero-order chi connectivity index (χ0) is 12.4. The number of rotatable bonds is 2. The number of Topliss-reactive ketones (excluding diaryl/α,β-unsaturated/α-hetero) is 1. The molecule has 0 aromatic heterocycles. The van der Waals surface area contributed by atoms with Gasteiger partial charge < -0.3 is 9.47 Å². The Morgan fingerprint density at radius 1 is 1.22 bits per heavy atom. The van der Waals surface area contributed by atoms with Crippen molar-refractivity contribution >= 4 is 5.78 Å². The Balaban J connectivity index is 1.74. The molecule has 2 saturated heterocycles. The second kappa shape index (κ2) is 4.82. The van der Waals surface area contributed by atoms with Crippen LogP contribution in [-0.4, -0.2) is 31.2 Å². The summed E-state index contributed by atoms with van der Waals surface area (Å²) < 4.78 is 11.3. The van der Waals surface area contributed by atoms with Gasteiger partial charge in [0.25, 0.3) is 0 Å². The first kappa shape index (κ1) is 11.9. The monoisotopic (exact) mass is 246 g/mol. The van der Waals surface area contributed by atoms with Gasteiger partial charge in [-0.25, -0.2) is 0 Å². The molecule has 3 rings (SSSR count). The molecule has 2 atom stereocenters. The van der Waals surface area contributed by atoms with E-state index >= 15 is 0 Å². The first-order chi connectivity index (χ1) is 8.79. The first-order valence-electron chi connectivity index (χ1n) is 6.60.